The topological polar surface area (TPSA) is 57.6 Å². The van der Waals surface area contributed by atoms with Gasteiger partial charge >= 0.3 is 6.09 Å². The number of hydrogen-bond acceptors (Lipinski definition) is 2. The van der Waals surface area contributed by atoms with Crippen LogP contribution in [-0.2, 0) is 4.79 Å². The van der Waals surface area contributed by atoms with Gasteiger partial charge in [-0.05, 0) is 18.3 Å². The van der Waals surface area contributed by atoms with Gasteiger partial charge in [0.25, 0.3) is 0 Å². The number of carbonyl (C=O) groups is 2. The molecule has 16 heavy (non-hydrogen) atoms. The molecule has 0 unspecified atom stereocenters. The Morgan fingerprint density at radius 3 is 2.56 bits per heavy atom. The van der Waals surface area contributed by atoms with Gasteiger partial charge in [-0.25, -0.2) is 4.79 Å². The van der Waals surface area contributed by atoms with E-state index in [0.717, 1.165) is 12.8 Å². The highest BCUT2D eigenvalue weighted by Gasteiger charge is 2.65. The fourth-order valence-corrected chi connectivity index (χ4v) is 3.44. The van der Waals surface area contributed by atoms with Crippen LogP contribution in [0.4, 0.5) is 4.79 Å². The van der Waals surface area contributed by atoms with Crippen LogP contribution in [0.15, 0.2) is 0 Å². The maximum atomic E-state index is 11.7. The molecule has 1 heterocycles. The molecule has 1 amide bonds. The lowest BCUT2D eigenvalue weighted by molar-refractivity contribution is -0.165. The average molecular weight is 225 g/mol. The van der Waals surface area contributed by atoms with Crippen molar-refractivity contribution in [3.63, 3.8) is 0 Å². The first-order chi connectivity index (χ1) is 7.30. The molecule has 90 valence electrons. The standard InChI is InChI=1S/C12H19NO3/c1-11(2,3)12-7-9(14)8(12)5-4-6-13(12)10(15)16/h8H,4-7H2,1-3H3,(H,15,16)/t8-,12+/m1/s1. The van der Waals surface area contributed by atoms with Crippen LogP contribution in [0.2, 0.25) is 0 Å². The number of hydrogen-bond donors (Lipinski definition) is 1. The smallest absolute Gasteiger partial charge is 0.407 e. The van der Waals surface area contributed by atoms with E-state index >= 15 is 0 Å². The van der Waals surface area contributed by atoms with Crippen LogP contribution in [0.25, 0.3) is 0 Å². The van der Waals surface area contributed by atoms with Crippen molar-refractivity contribution in [3.8, 4) is 0 Å². The molecule has 2 atom stereocenters. The largest absolute Gasteiger partial charge is 0.465 e. The number of likely N-dealkylation sites (tertiary alicyclic amines) is 1. The van der Waals surface area contributed by atoms with Crippen molar-refractivity contribution >= 4 is 11.9 Å². The number of amides is 1. The Kier molecular flexibility index (Phi) is 2.30. The molecule has 0 spiro atoms. The molecule has 1 saturated carbocycles. The summed E-state index contributed by atoms with van der Waals surface area (Å²) in [4.78, 5) is 24.5. The molecule has 0 aromatic heterocycles. The van der Waals surface area contributed by atoms with E-state index in [0.29, 0.717) is 13.0 Å². The number of nitrogens with zero attached hydrogens (tertiary/aromatic N) is 1. The lowest BCUT2D eigenvalue weighted by Crippen LogP contribution is -2.74. The van der Waals surface area contributed by atoms with Crippen LogP contribution in [0.3, 0.4) is 0 Å². The number of ketones is 1. The van der Waals surface area contributed by atoms with Gasteiger partial charge in [-0.2, -0.15) is 0 Å². The third-order valence-corrected chi connectivity index (χ3v) is 4.29. The molecule has 0 aromatic rings. The Bertz CT molecular complexity index is 345. The van der Waals surface area contributed by atoms with Gasteiger partial charge < -0.3 is 10.0 Å². The first-order valence-corrected chi connectivity index (χ1v) is 5.84. The number of rotatable bonds is 0. The number of Topliss-reactive ketones (excluding diaryl/α,β-unsaturated/α-hetero) is 1. The summed E-state index contributed by atoms with van der Waals surface area (Å²) in [6.07, 6.45) is 1.17. The molecule has 2 aliphatic rings. The second-order valence-electron chi connectivity index (χ2n) is 5.95. The van der Waals surface area contributed by atoms with Gasteiger partial charge in [-0.3, -0.25) is 4.79 Å². The van der Waals surface area contributed by atoms with E-state index < -0.39 is 11.6 Å². The highest BCUT2D eigenvalue weighted by molar-refractivity contribution is 5.92. The van der Waals surface area contributed by atoms with Crippen molar-refractivity contribution in [3.05, 3.63) is 0 Å². The molecule has 0 radical (unpaired) electrons. The number of carbonyl (C=O) groups excluding carboxylic acids is 1. The zero-order valence-electron chi connectivity index (χ0n) is 10.1. The van der Waals surface area contributed by atoms with Crippen molar-refractivity contribution in [2.75, 3.05) is 6.54 Å². The van der Waals surface area contributed by atoms with Gasteiger partial charge in [0.15, 0.2) is 0 Å². The van der Waals surface area contributed by atoms with E-state index in [9.17, 15) is 14.7 Å². The minimum Gasteiger partial charge on any atom is -0.465 e. The van der Waals surface area contributed by atoms with Gasteiger partial charge in [-0.1, -0.05) is 20.8 Å². The zero-order chi connectivity index (χ0) is 12.1. The highest BCUT2D eigenvalue weighted by atomic mass is 16.4. The summed E-state index contributed by atoms with van der Waals surface area (Å²) in [5.41, 5.74) is -0.626. The first-order valence-electron chi connectivity index (χ1n) is 5.84. The molecule has 1 N–H and O–H groups in total. The number of fused-ring (bicyclic) bond motifs is 1. The molecule has 0 aromatic carbocycles. The summed E-state index contributed by atoms with van der Waals surface area (Å²) in [6.45, 7) is 6.67. The average Bonchev–Trinajstić information content (AvgIpc) is 2.13. The maximum Gasteiger partial charge on any atom is 0.407 e. The lowest BCUT2D eigenvalue weighted by Gasteiger charge is -2.62. The van der Waals surface area contributed by atoms with Gasteiger partial charge in [0, 0.05) is 18.9 Å². The van der Waals surface area contributed by atoms with Crippen LogP contribution in [0.5, 0.6) is 0 Å². The normalized spacial score (nSPS) is 34.3. The van der Waals surface area contributed by atoms with Crippen LogP contribution in [0, 0.1) is 11.3 Å². The molecule has 4 nitrogen and oxygen atoms in total. The maximum absolute atomic E-state index is 11.7. The Balaban J connectivity index is 2.41. The molecule has 4 heteroatoms. The molecular weight excluding hydrogens is 206 g/mol. The summed E-state index contributed by atoms with van der Waals surface area (Å²) >= 11 is 0. The van der Waals surface area contributed by atoms with Crippen LogP contribution in [0.1, 0.15) is 40.0 Å². The molecule has 2 fully saturated rings. The predicted octanol–water partition coefficient (Wildman–Crippen LogP) is 2.13. The number of piperidine rings is 1. The second-order valence-corrected chi connectivity index (χ2v) is 5.95. The van der Waals surface area contributed by atoms with Crippen molar-refractivity contribution in [2.45, 2.75) is 45.6 Å². The van der Waals surface area contributed by atoms with Crippen molar-refractivity contribution in [2.24, 2.45) is 11.3 Å². The van der Waals surface area contributed by atoms with Gasteiger partial charge in [0.2, 0.25) is 0 Å². The third kappa shape index (κ3) is 1.22. The lowest BCUT2D eigenvalue weighted by atomic mass is 9.51. The summed E-state index contributed by atoms with van der Waals surface area (Å²) in [6, 6.07) is 0. The quantitative estimate of drug-likeness (QED) is 0.687. The van der Waals surface area contributed by atoms with Crippen molar-refractivity contribution in [1.29, 1.82) is 0 Å². The summed E-state index contributed by atoms with van der Waals surface area (Å²) in [5.74, 6) is 0.165. The molecule has 2 rings (SSSR count). The second kappa shape index (κ2) is 3.22. The first kappa shape index (κ1) is 11.4. The predicted molar refractivity (Wildman–Crippen MR) is 59.3 cm³/mol. The molecular formula is C12H19NO3. The summed E-state index contributed by atoms with van der Waals surface area (Å²) in [7, 11) is 0. The molecule has 0 bridgehead atoms. The summed E-state index contributed by atoms with van der Waals surface area (Å²) in [5, 5.41) is 9.29. The Labute approximate surface area is 95.6 Å². The third-order valence-electron chi connectivity index (χ3n) is 4.29. The number of carboxylic acid groups (broad SMARTS) is 1. The zero-order valence-corrected chi connectivity index (χ0v) is 10.1. The van der Waals surface area contributed by atoms with E-state index in [1.54, 1.807) is 0 Å². The van der Waals surface area contributed by atoms with Crippen molar-refractivity contribution in [1.82, 2.24) is 4.90 Å². The van der Waals surface area contributed by atoms with E-state index in [1.165, 1.54) is 4.90 Å². The Hall–Kier alpha value is -1.06. The van der Waals surface area contributed by atoms with E-state index in [4.69, 9.17) is 0 Å². The van der Waals surface area contributed by atoms with Gasteiger partial charge in [-0.15, -0.1) is 0 Å². The van der Waals surface area contributed by atoms with E-state index in [2.05, 4.69) is 0 Å². The molecule has 1 aliphatic heterocycles. The Morgan fingerprint density at radius 1 is 1.50 bits per heavy atom. The van der Waals surface area contributed by atoms with Gasteiger partial charge in [0.1, 0.15) is 5.78 Å². The van der Waals surface area contributed by atoms with Crippen LogP contribution < -0.4 is 0 Å². The van der Waals surface area contributed by atoms with E-state index in [1.807, 2.05) is 20.8 Å². The molecule has 1 saturated heterocycles. The fraction of sp³-hybridized carbons (Fsp3) is 0.833. The minimum absolute atomic E-state index is 0.0719. The van der Waals surface area contributed by atoms with E-state index in [-0.39, 0.29) is 17.1 Å². The van der Waals surface area contributed by atoms with Crippen LogP contribution in [-0.4, -0.2) is 34.0 Å². The highest BCUT2D eigenvalue weighted by Crippen LogP contribution is 2.55. The van der Waals surface area contributed by atoms with Gasteiger partial charge in [0.05, 0.1) is 5.54 Å². The van der Waals surface area contributed by atoms with Crippen LogP contribution >= 0.6 is 0 Å². The summed E-state index contributed by atoms with van der Waals surface area (Å²) < 4.78 is 0. The SMILES string of the molecule is CC(C)(C)[C@]12CC(=O)[C@H]1CCCN2C(=O)O. The Morgan fingerprint density at radius 2 is 2.12 bits per heavy atom. The van der Waals surface area contributed by atoms with Crippen molar-refractivity contribution < 1.29 is 14.7 Å². The molecule has 1 aliphatic carbocycles. The minimum atomic E-state index is -0.882. The monoisotopic (exact) mass is 225 g/mol. The fourth-order valence-electron chi connectivity index (χ4n) is 3.44.